The number of rotatable bonds is 17. The number of nitrogens with two attached hydrogens (primary N) is 1. The van der Waals surface area contributed by atoms with Crippen molar-refractivity contribution in [3.8, 4) is 0 Å². The highest BCUT2D eigenvalue weighted by molar-refractivity contribution is 6.74. The number of hydrogen-bond acceptors (Lipinski definition) is 8. The highest BCUT2D eigenvalue weighted by Gasteiger charge is 2.52. The number of aromatic nitrogens is 2. The lowest BCUT2D eigenvalue weighted by molar-refractivity contribution is -0.158. The SMILES string of the molecule is CCCCCCCCCCCCCC(=O)O[C@H]1[C@H](O[Si](C)(C)C(C)(C)C)[C@@H](CO)O[C@H]1n1ccc(N)nc1=O. The Morgan fingerprint density at radius 3 is 2.13 bits per heavy atom. The van der Waals surface area contributed by atoms with Crippen LogP contribution in [0.15, 0.2) is 17.1 Å². The first kappa shape index (κ1) is 33.5. The molecular weight excluding hydrogens is 514 g/mol. The van der Waals surface area contributed by atoms with Crippen LogP contribution >= 0.6 is 0 Å². The standard InChI is InChI=1S/C29H53N3O6Si/c1-7-8-9-10-11-12-13-14-15-16-17-18-24(34)37-26-25(38-39(5,6)29(2,3)4)22(21-33)36-27(26)32-20-19-23(30)31-28(32)35/h19-20,22,25-27,33H,7-18,21H2,1-6H3,(H2,30,31,35)/t22-,25-,26+,27-/m1/s1. The van der Waals surface area contributed by atoms with Crippen LogP contribution in [0.2, 0.25) is 18.1 Å². The lowest BCUT2D eigenvalue weighted by atomic mass is 10.1. The second-order valence-corrected chi connectivity index (χ2v) is 17.1. The Morgan fingerprint density at radius 2 is 1.62 bits per heavy atom. The Labute approximate surface area is 236 Å². The summed E-state index contributed by atoms with van der Waals surface area (Å²) in [6.45, 7) is 12.4. The van der Waals surface area contributed by atoms with Gasteiger partial charge in [0.2, 0.25) is 0 Å². The topological polar surface area (TPSA) is 126 Å². The number of unbranched alkanes of at least 4 members (excludes halogenated alkanes) is 10. The highest BCUT2D eigenvalue weighted by Crippen LogP contribution is 2.42. The monoisotopic (exact) mass is 567 g/mol. The van der Waals surface area contributed by atoms with E-state index < -0.39 is 38.5 Å². The van der Waals surface area contributed by atoms with Crippen LogP contribution in [-0.4, -0.2) is 53.9 Å². The van der Waals surface area contributed by atoms with E-state index in [1.165, 1.54) is 68.2 Å². The molecule has 9 nitrogen and oxygen atoms in total. The van der Waals surface area contributed by atoms with E-state index in [1.807, 2.05) is 0 Å². The van der Waals surface area contributed by atoms with Gasteiger partial charge in [0.05, 0.1) is 6.61 Å². The zero-order chi connectivity index (χ0) is 29.1. The van der Waals surface area contributed by atoms with E-state index in [1.54, 1.807) is 0 Å². The van der Waals surface area contributed by atoms with Gasteiger partial charge in [0.25, 0.3) is 0 Å². The van der Waals surface area contributed by atoms with Crippen molar-refractivity contribution in [3.05, 3.63) is 22.7 Å². The zero-order valence-electron chi connectivity index (χ0n) is 25.1. The number of nitrogen functional groups attached to an aromatic ring is 1. The molecule has 10 heteroatoms. The van der Waals surface area contributed by atoms with Crippen LogP contribution < -0.4 is 11.4 Å². The molecule has 4 atom stereocenters. The van der Waals surface area contributed by atoms with E-state index >= 15 is 0 Å². The molecule has 0 spiro atoms. The Kier molecular flexibility index (Phi) is 13.6. The smallest absolute Gasteiger partial charge is 0.351 e. The fraction of sp³-hybridized carbons (Fsp3) is 0.828. The number of aliphatic hydroxyl groups excluding tert-OH is 1. The molecule has 3 N–H and O–H groups in total. The molecule has 0 unspecified atom stereocenters. The summed E-state index contributed by atoms with van der Waals surface area (Å²) >= 11 is 0. The molecule has 1 aromatic rings. The predicted octanol–water partition coefficient (Wildman–Crippen LogP) is 5.72. The summed E-state index contributed by atoms with van der Waals surface area (Å²) in [6, 6.07) is 1.49. The number of hydrogen-bond donors (Lipinski definition) is 2. The molecular formula is C29H53N3O6Si. The predicted molar refractivity (Wildman–Crippen MR) is 157 cm³/mol. The lowest BCUT2D eigenvalue weighted by Gasteiger charge is -2.40. The second-order valence-electron chi connectivity index (χ2n) is 12.4. The summed E-state index contributed by atoms with van der Waals surface area (Å²) in [5, 5.41) is 10.0. The van der Waals surface area contributed by atoms with Crippen molar-refractivity contribution in [2.45, 2.75) is 147 Å². The van der Waals surface area contributed by atoms with Gasteiger partial charge in [-0.2, -0.15) is 4.98 Å². The molecule has 1 aliphatic rings. The van der Waals surface area contributed by atoms with E-state index in [2.05, 4.69) is 45.8 Å². The fourth-order valence-corrected chi connectivity index (χ4v) is 5.95. The van der Waals surface area contributed by atoms with Crippen LogP contribution in [0.5, 0.6) is 0 Å². The number of anilines is 1. The molecule has 2 heterocycles. The largest absolute Gasteiger partial charge is 0.455 e. The van der Waals surface area contributed by atoms with Crippen molar-refractivity contribution < 1.29 is 23.8 Å². The summed E-state index contributed by atoms with van der Waals surface area (Å²) < 4.78 is 19.9. The average molecular weight is 568 g/mol. The van der Waals surface area contributed by atoms with Crippen LogP contribution in [0.4, 0.5) is 5.82 Å². The van der Waals surface area contributed by atoms with Gasteiger partial charge >= 0.3 is 11.7 Å². The van der Waals surface area contributed by atoms with E-state index in [0.717, 1.165) is 19.3 Å². The minimum Gasteiger partial charge on any atom is -0.455 e. The molecule has 224 valence electrons. The van der Waals surface area contributed by atoms with Crippen LogP contribution in [0, 0.1) is 0 Å². The van der Waals surface area contributed by atoms with Crippen molar-refractivity contribution >= 4 is 20.1 Å². The van der Waals surface area contributed by atoms with Crippen LogP contribution in [-0.2, 0) is 18.7 Å². The first-order valence-electron chi connectivity index (χ1n) is 14.9. The molecule has 0 saturated carbocycles. The van der Waals surface area contributed by atoms with E-state index in [9.17, 15) is 14.7 Å². The molecule has 1 fully saturated rings. The normalized spacial score (nSPS) is 21.8. The summed E-state index contributed by atoms with van der Waals surface area (Å²) in [6.07, 6.45) is 11.6. The summed E-state index contributed by atoms with van der Waals surface area (Å²) in [7, 11) is -2.34. The number of carbonyl (C=O) groups is 1. The number of carbonyl (C=O) groups excluding carboxylic acids is 1. The molecule has 0 bridgehead atoms. The molecule has 1 saturated heterocycles. The molecule has 39 heavy (non-hydrogen) atoms. The zero-order valence-corrected chi connectivity index (χ0v) is 26.1. The van der Waals surface area contributed by atoms with Gasteiger partial charge in [0.15, 0.2) is 20.6 Å². The average Bonchev–Trinajstić information content (AvgIpc) is 3.17. The molecule has 0 radical (unpaired) electrons. The Bertz CT molecular complexity index is 932. The van der Waals surface area contributed by atoms with Crippen LogP contribution in [0.3, 0.4) is 0 Å². The van der Waals surface area contributed by atoms with E-state index in [-0.39, 0.29) is 29.9 Å². The summed E-state index contributed by atoms with van der Waals surface area (Å²) in [5.74, 6) is -0.268. The van der Waals surface area contributed by atoms with Gasteiger partial charge in [0, 0.05) is 12.6 Å². The maximum absolute atomic E-state index is 13.0. The molecule has 1 aliphatic heterocycles. The van der Waals surface area contributed by atoms with Gasteiger partial charge in [-0.25, -0.2) is 4.79 Å². The maximum Gasteiger partial charge on any atom is 0.351 e. The minimum atomic E-state index is -2.34. The summed E-state index contributed by atoms with van der Waals surface area (Å²) in [5.41, 5.74) is 5.06. The highest BCUT2D eigenvalue weighted by atomic mass is 28.4. The van der Waals surface area contributed by atoms with Gasteiger partial charge in [-0.05, 0) is 30.6 Å². The quantitative estimate of drug-likeness (QED) is 0.139. The van der Waals surface area contributed by atoms with E-state index in [4.69, 9.17) is 19.6 Å². The van der Waals surface area contributed by atoms with Crippen molar-refractivity contribution in [1.29, 1.82) is 0 Å². The fourth-order valence-electron chi connectivity index (χ4n) is 4.63. The van der Waals surface area contributed by atoms with Gasteiger partial charge in [-0.15, -0.1) is 0 Å². The third kappa shape index (κ3) is 10.3. The minimum absolute atomic E-state index is 0.0899. The van der Waals surface area contributed by atoms with Crippen LogP contribution in [0.1, 0.15) is 111 Å². The maximum atomic E-state index is 13.0. The third-order valence-electron chi connectivity index (χ3n) is 8.08. The number of ether oxygens (including phenoxy) is 2. The third-order valence-corrected chi connectivity index (χ3v) is 12.6. The molecule has 1 aromatic heterocycles. The van der Waals surface area contributed by atoms with Gasteiger partial charge in [-0.1, -0.05) is 91.9 Å². The first-order valence-corrected chi connectivity index (χ1v) is 17.8. The van der Waals surface area contributed by atoms with Crippen molar-refractivity contribution in [3.63, 3.8) is 0 Å². The number of aliphatic hydroxyl groups is 1. The lowest BCUT2D eigenvalue weighted by Crippen LogP contribution is -2.50. The second kappa shape index (κ2) is 15.9. The summed E-state index contributed by atoms with van der Waals surface area (Å²) in [4.78, 5) is 29.4. The van der Waals surface area contributed by atoms with Gasteiger partial charge in [0.1, 0.15) is 18.0 Å². The van der Waals surface area contributed by atoms with E-state index in [0.29, 0.717) is 0 Å². The van der Waals surface area contributed by atoms with Crippen molar-refractivity contribution in [2.75, 3.05) is 12.3 Å². The number of esters is 1. The Hall–Kier alpha value is -1.75. The Morgan fingerprint density at radius 1 is 1.05 bits per heavy atom. The molecule has 2 rings (SSSR count). The number of nitrogens with zero attached hydrogens (tertiary/aromatic N) is 2. The first-order chi connectivity index (χ1) is 18.4. The molecule has 0 aliphatic carbocycles. The van der Waals surface area contributed by atoms with Crippen LogP contribution in [0.25, 0.3) is 0 Å². The van der Waals surface area contributed by atoms with Crippen molar-refractivity contribution in [2.24, 2.45) is 0 Å². The van der Waals surface area contributed by atoms with Crippen molar-refractivity contribution in [1.82, 2.24) is 9.55 Å². The van der Waals surface area contributed by atoms with Gasteiger partial charge in [-0.3, -0.25) is 9.36 Å². The molecule has 0 amide bonds. The molecule has 0 aromatic carbocycles. The Balaban J connectivity index is 2.00. The van der Waals surface area contributed by atoms with Gasteiger partial charge < -0.3 is 24.7 Å².